The highest BCUT2D eigenvalue weighted by molar-refractivity contribution is 5.94. The molecule has 0 aliphatic carbocycles. The number of ether oxygens (including phenoxy) is 1. The molecule has 3 heterocycles. The van der Waals surface area contributed by atoms with Crippen molar-refractivity contribution in [3.63, 3.8) is 0 Å². The van der Waals surface area contributed by atoms with Gasteiger partial charge in [0.15, 0.2) is 0 Å². The summed E-state index contributed by atoms with van der Waals surface area (Å²) >= 11 is 0. The number of carbonyl (C=O) groups is 1. The average Bonchev–Trinajstić information content (AvgIpc) is 2.87. The standard InChI is InChI=1S/C15H20N4O2/c1-12-10-19-11-13(2-3-14(19)17-12)15(20)16-4-5-18-6-8-21-9-7-18/h2-3,10-11H,4-9H2,1H3,(H,16,20). The highest BCUT2D eigenvalue weighted by atomic mass is 16.5. The maximum Gasteiger partial charge on any atom is 0.252 e. The molecular formula is C15H20N4O2. The fourth-order valence-electron chi connectivity index (χ4n) is 2.51. The number of aromatic nitrogens is 2. The first-order valence-corrected chi connectivity index (χ1v) is 7.26. The molecule has 0 spiro atoms. The topological polar surface area (TPSA) is 58.9 Å². The van der Waals surface area contributed by atoms with Gasteiger partial charge in [-0.25, -0.2) is 4.98 Å². The Labute approximate surface area is 123 Å². The van der Waals surface area contributed by atoms with Crippen molar-refractivity contribution in [2.24, 2.45) is 0 Å². The summed E-state index contributed by atoms with van der Waals surface area (Å²) in [5.74, 6) is -0.0449. The Morgan fingerprint density at radius 3 is 2.95 bits per heavy atom. The van der Waals surface area contributed by atoms with Crippen LogP contribution in [0.2, 0.25) is 0 Å². The van der Waals surface area contributed by atoms with E-state index in [2.05, 4.69) is 15.2 Å². The molecule has 2 aromatic rings. The first-order valence-electron chi connectivity index (χ1n) is 7.26. The predicted octanol–water partition coefficient (Wildman–Crippen LogP) is 0.705. The van der Waals surface area contributed by atoms with Crippen LogP contribution in [0.4, 0.5) is 0 Å². The number of hydrogen-bond acceptors (Lipinski definition) is 4. The SMILES string of the molecule is Cc1cn2cc(C(=O)NCCN3CCOCC3)ccc2n1. The van der Waals surface area contributed by atoms with Crippen molar-refractivity contribution in [2.45, 2.75) is 6.92 Å². The fraction of sp³-hybridized carbons (Fsp3) is 0.467. The summed E-state index contributed by atoms with van der Waals surface area (Å²) in [6, 6.07) is 3.68. The Morgan fingerprint density at radius 1 is 1.33 bits per heavy atom. The molecule has 0 radical (unpaired) electrons. The van der Waals surface area contributed by atoms with Crippen molar-refractivity contribution >= 4 is 11.6 Å². The predicted molar refractivity (Wildman–Crippen MR) is 79.5 cm³/mol. The minimum atomic E-state index is -0.0449. The van der Waals surface area contributed by atoms with Crippen LogP contribution in [-0.4, -0.2) is 59.6 Å². The maximum absolute atomic E-state index is 12.1. The van der Waals surface area contributed by atoms with Crippen LogP contribution in [-0.2, 0) is 4.74 Å². The Bertz CT molecular complexity index is 632. The van der Waals surface area contributed by atoms with Gasteiger partial charge in [0.2, 0.25) is 0 Å². The van der Waals surface area contributed by atoms with Crippen molar-refractivity contribution in [1.29, 1.82) is 0 Å². The van der Waals surface area contributed by atoms with Crippen molar-refractivity contribution in [3.8, 4) is 0 Å². The molecule has 0 atom stereocenters. The summed E-state index contributed by atoms with van der Waals surface area (Å²) in [7, 11) is 0. The normalized spacial score (nSPS) is 16.2. The zero-order valence-electron chi connectivity index (χ0n) is 12.2. The lowest BCUT2D eigenvalue weighted by atomic mass is 10.2. The van der Waals surface area contributed by atoms with Crippen molar-refractivity contribution in [3.05, 3.63) is 35.8 Å². The van der Waals surface area contributed by atoms with Gasteiger partial charge in [-0.05, 0) is 19.1 Å². The summed E-state index contributed by atoms with van der Waals surface area (Å²) in [5.41, 5.74) is 2.46. The Balaban J connectivity index is 1.55. The average molecular weight is 288 g/mol. The van der Waals surface area contributed by atoms with Gasteiger partial charge in [0.1, 0.15) is 5.65 Å². The number of hydrogen-bond donors (Lipinski definition) is 1. The number of aryl methyl sites for hydroxylation is 1. The molecule has 6 nitrogen and oxygen atoms in total. The number of pyridine rings is 1. The molecular weight excluding hydrogens is 268 g/mol. The number of morpholine rings is 1. The smallest absolute Gasteiger partial charge is 0.252 e. The van der Waals surface area contributed by atoms with Crippen LogP contribution in [0.3, 0.4) is 0 Å². The number of nitrogens with one attached hydrogen (secondary N) is 1. The van der Waals surface area contributed by atoms with Crippen molar-refractivity contribution < 1.29 is 9.53 Å². The van der Waals surface area contributed by atoms with Crippen LogP contribution in [0.5, 0.6) is 0 Å². The molecule has 1 amide bonds. The maximum atomic E-state index is 12.1. The van der Waals surface area contributed by atoms with E-state index in [1.165, 1.54) is 0 Å². The second kappa shape index (κ2) is 6.24. The Kier molecular flexibility index (Phi) is 4.17. The second-order valence-electron chi connectivity index (χ2n) is 5.28. The Morgan fingerprint density at radius 2 is 2.14 bits per heavy atom. The lowest BCUT2D eigenvalue weighted by Crippen LogP contribution is -2.41. The molecule has 112 valence electrons. The van der Waals surface area contributed by atoms with E-state index >= 15 is 0 Å². The first kappa shape index (κ1) is 14.0. The molecule has 1 N–H and O–H groups in total. The Hall–Kier alpha value is -1.92. The molecule has 3 rings (SSSR count). The number of imidazole rings is 1. The number of rotatable bonds is 4. The first-order chi connectivity index (χ1) is 10.2. The molecule has 0 aromatic carbocycles. The summed E-state index contributed by atoms with van der Waals surface area (Å²) < 4.78 is 7.18. The number of fused-ring (bicyclic) bond motifs is 1. The molecule has 0 bridgehead atoms. The molecule has 1 aliphatic heterocycles. The fourth-order valence-corrected chi connectivity index (χ4v) is 2.51. The van der Waals surface area contributed by atoms with E-state index in [4.69, 9.17) is 4.74 Å². The highest BCUT2D eigenvalue weighted by Crippen LogP contribution is 2.07. The van der Waals surface area contributed by atoms with Gasteiger partial charge in [0, 0.05) is 38.6 Å². The van der Waals surface area contributed by atoms with Crippen LogP contribution in [0.15, 0.2) is 24.5 Å². The minimum absolute atomic E-state index is 0.0449. The molecule has 0 unspecified atom stereocenters. The van der Waals surface area contributed by atoms with Crippen LogP contribution in [0.25, 0.3) is 5.65 Å². The quantitative estimate of drug-likeness (QED) is 0.900. The van der Waals surface area contributed by atoms with E-state index in [1.807, 2.05) is 35.9 Å². The van der Waals surface area contributed by atoms with E-state index in [-0.39, 0.29) is 5.91 Å². The van der Waals surface area contributed by atoms with Gasteiger partial charge in [-0.1, -0.05) is 0 Å². The summed E-state index contributed by atoms with van der Waals surface area (Å²) in [4.78, 5) is 18.8. The number of carbonyl (C=O) groups excluding carboxylic acids is 1. The van der Waals surface area contributed by atoms with E-state index in [0.717, 1.165) is 44.2 Å². The summed E-state index contributed by atoms with van der Waals surface area (Å²) in [6.07, 6.45) is 3.74. The third kappa shape index (κ3) is 3.40. The lowest BCUT2D eigenvalue weighted by Gasteiger charge is -2.26. The van der Waals surface area contributed by atoms with E-state index < -0.39 is 0 Å². The van der Waals surface area contributed by atoms with Gasteiger partial charge in [-0.3, -0.25) is 9.69 Å². The van der Waals surface area contributed by atoms with Gasteiger partial charge < -0.3 is 14.5 Å². The zero-order valence-corrected chi connectivity index (χ0v) is 12.2. The van der Waals surface area contributed by atoms with Gasteiger partial charge >= 0.3 is 0 Å². The second-order valence-corrected chi connectivity index (χ2v) is 5.28. The largest absolute Gasteiger partial charge is 0.379 e. The third-order valence-electron chi connectivity index (χ3n) is 3.65. The molecule has 21 heavy (non-hydrogen) atoms. The molecule has 6 heteroatoms. The van der Waals surface area contributed by atoms with Crippen molar-refractivity contribution in [1.82, 2.24) is 19.6 Å². The highest BCUT2D eigenvalue weighted by Gasteiger charge is 2.11. The zero-order chi connectivity index (χ0) is 14.7. The van der Waals surface area contributed by atoms with E-state index in [0.29, 0.717) is 12.1 Å². The van der Waals surface area contributed by atoms with Gasteiger partial charge in [0.05, 0.1) is 24.5 Å². The minimum Gasteiger partial charge on any atom is -0.379 e. The van der Waals surface area contributed by atoms with Crippen LogP contribution < -0.4 is 5.32 Å². The van der Waals surface area contributed by atoms with Gasteiger partial charge in [-0.15, -0.1) is 0 Å². The van der Waals surface area contributed by atoms with Crippen LogP contribution >= 0.6 is 0 Å². The van der Waals surface area contributed by atoms with Crippen LogP contribution in [0, 0.1) is 6.92 Å². The number of nitrogens with zero attached hydrogens (tertiary/aromatic N) is 3. The monoisotopic (exact) mass is 288 g/mol. The van der Waals surface area contributed by atoms with Gasteiger partial charge in [0.25, 0.3) is 5.91 Å². The molecule has 1 saturated heterocycles. The van der Waals surface area contributed by atoms with Gasteiger partial charge in [-0.2, -0.15) is 0 Å². The number of amides is 1. The van der Waals surface area contributed by atoms with Crippen molar-refractivity contribution in [2.75, 3.05) is 39.4 Å². The molecule has 1 fully saturated rings. The third-order valence-corrected chi connectivity index (χ3v) is 3.65. The van der Waals surface area contributed by atoms with E-state index in [1.54, 1.807) is 0 Å². The lowest BCUT2D eigenvalue weighted by molar-refractivity contribution is 0.0383. The molecule has 1 aliphatic rings. The molecule has 2 aromatic heterocycles. The summed E-state index contributed by atoms with van der Waals surface area (Å²) in [6.45, 7) is 6.90. The molecule has 0 saturated carbocycles. The van der Waals surface area contributed by atoms with E-state index in [9.17, 15) is 4.79 Å². The van der Waals surface area contributed by atoms with Crippen LogP contribution in [0.1, 0.15) is 16.1 Å². The summed E-state index contributed by atoms with van der Waals surface area (Å²) in [5, 5.41) is 2.96.